The summed E-state index contributed by atoms with van der Waals surface area (Å²) in [7, 11) is 0. The van der Waals surface area contributed by atoms with Crippen LogP contribution in [-0.4, -0.2) is 64.8 Å². The number of aliphatic hydroxyl groups is 3. The second-order valence-electron chi connectivity index (χ2n) is 8.14. The number of rotatable bonds is 10. The minimum Gasteiger partial charge on any atom is -0.394 e. The third kappa shape index (κ3) is 6.82. The normalized spacial score (nSPS) is 25.1. The van der Waals surface area contributed by atoms with E-state index in [1.807, 2.05) is 60.7 Å². The lowest BCUT2D eigenvalue weighted by atomic mass is 9.96. The smallest absolute Gasteiger partial charge is 0.164 e. The first-order valence-corrected chi connectivity index (χ1v) is 10.5. The molecule has 3 N–H and O–H groups in total. The van der Waals surface area contributed by atoms with Crippen molar-refractivity contribution in [2.24, 2.45) is 0 Å². The van der Waals surface area contributed by atoms with E-state index < -0.39 is 42.9 Å². The summed E-state index contributed by atoms with van der Waals surface area (Å²) in [4.78, 5) is 0. The highest BCUT2D eigenvalue weighted by molar-refractivity contribution is 5.14. The molecule has 7 nitrogen and oxygen atoms in total. The highest BCUT2D eigenvalue weighted by Crippen LogP contribution is 2.32. The van der Waals surface area contributed by atoms with Crippen LogP contribution in [0.1, 0.15) is 25.0 Å². The van der Waals surface area contributed by atoms with Gasteiger partial charge in [-0.1, -0.05) is 60.7 Å². The van der Waals surface area contributed by atoms with Gasteiger partial charge >= 0.3 is 0 Å². The molecule has 3 rings (SSSR count). The van der Waals surface area contributed by atoms with E-state index in [2.05, 4.69) is 0 Å². The maximum atomic E-state index is 10.7. The van der Waals surface area contributed by atoms with Gasteiger partial charge in [0.2, 0.25) is 0 Å². The first-order valence-electron chi connectivity index (χ1n) is 10.5. The molecule has 5 atom stereocenters. The summed E-state index contributed by atoms with van der Waals surface area (Å²) < 4.78 is 24.0. The Labute approximate surface area is 183 Å². The Morgan fingerprint density at radius 2 is 1.48 bits per heavy atom. The van der Waals surface area contributed by atoms with Gasteiger partial charge in [-0.3, -0.25) is 0 Å². The van der Waals surface area contributed by atoms with Crippen molar-refractivity contribution in [2.75, 3.05) is 13.2 Å². The van der Waals surface area contributed by atoms with Crippen LogP contribution in [0.3, 0.4) is 0 Å². The maximum Gasteiger partial charge on any atom is 0.164 e. The Morgan fingerprint density at radius 1 is 0.903 bits per heavy atom. The standard InChI is InChI=1S/C24H32O7/c1-24(2)30-20(16-28-14-17-9-5-3-6-10-17)22(23(31-24)21(27)19(26)13-25)29-15-18-11-7-4-8-12-18/h3-12,19-23,25-27H,13-16H2,1-2H3/t19-,20-,21+,22+,23+/m1/s1. The summed E-state index contributed by atoms with van der Waals surface area (Å²) >= 11 is 0. The van der Waals surface area contributed by atoms with Gasteiger partial charge in [0.15, 0.2) is 5.79 Å². The van der Waals surface area contributed by atoms with Crippen LogP contribution < -0.4 is 0 Å². The fourth-order valence-corrected chi connectivity index (χ4v) is 3.62. The molecule has 2 aromatic carbocycles. The Bertz CT molecular complexity index is 768. The molecule has 1 fully saturated rings. The van der Waals surface area contributed by atoms with Crippen LogP contribution in [0, 0.1) is 0 Å². The Morgan fingerprint density at radius 3 is 2.06 bits per heavy atom. The molecule has 0 aliphatic carbocycles. The van der Waals surface area contributed by atoms with E-state index in [4.69, 9.17) is 18.9 Å². The van der Waals surface area contributed by atoms with E-state index in [1.54, 1.807) is 13.8 Å². The average Bonchev–Trinajstić information content (AvgIpc) is 2.78. The van der Waals surface area contributed by atoms with Crippen LogP contribution in [-0.2, 0) is 32.2 Å². The van der Waals surface area contributed by atoms with Gasteiger partial charge in [0, 0.05) is 0 Å². The molecule has 2 aromatic rings. The van der Waals surface area contributed by atoms with Crippen LogP contribution in [0.4, 0.5) is 0 Å². The molecular formula is C24H32O7. The van der Waals surface area contributed by atoms with Gasteiger partial charge < -0.3 is 34.3 Å². The zero-order valence-electron chi connectivity index (χ0n) is 18.0. The van der Waals surface area contributed by atoms with Gasteiger partial charge in [-0.05, 0) is 25.0 Å². The van der Waals surface area contributed by atoms with Crippen LogP contribution in [0.2, 0.25) is 0 Å². The minimum absolute atomic E-state index is 0.208. The van der Waals surface area contributed by atoms with Crippen LogP contribution in [0.15, 0.2) is 60.7 Å². The highest BCUT2D eigenvalue weighted by Gasteiger charge is 2.48. The number of hydrogen-bond donors (Lipinski definition) is 3. The molecule has 170 valence electrons. The zero-order chi connectivity index (χ0) is 22.3. The topological polar surface area (TPSA) is 97.6 Å². The molecule has 1 saturated heterocycles. The second-order valence-corrected chi connectivity index (χ2v) is 8.14. The van der Waals surface area contributed by atoms with Gasteiger partial charge in [-0.25, -0.2) is 0 Å². The summed E-state index contributed by atoms with van der Waals surface area (Å²) in [6.07, 6.45) is -4.92. The van der Waals surface area contributed by atoms with Gasteiger partial charge in [-0.15, -0.1) is 0 Å². The minimum atomic E-state index is -1.37. The molecule has 7 heteroatoms. The highest BCUT2D eigenvalue weighted by atomic mass is 16.7. The van der Waals surface area contributed by atoms with Gasteiger partial charge in [0.05, 0.1) is 26.4 Å². The lowest BCUT2D eigenvalue weighted by Gasteiger charge is -2.47. The summed E-state index contributed by atoms with van der Waals surface area (Å²) in [5.74, 6) is -1.03. The van der Waals surface area contributed by atoms with Gasteiger partial charge in [0.1, 0.15) is 30.5 Å². The molecule has 0 radical (unpaired) electrons. The average molecular weight is 433 g/mol. The van der Waals surface area contributed by atoms with Crippen molar-refractivity contribution >= 4 is 0 Å². The second kappa shape index (κ2) is 11.2. The number of hydrogen-bond acceptors (Lipinski definition) is 7. The van der Waals surface area contributed by atoms with E-state index in [9.17, 15) is 15.3 Å². The van der Waals surface area contributed by atoms with E-state index in [1.165, 1.54) is 0 Å². The molecular weight excluding hydrogens is 400 g/mol. The fourth-order valence-electron chi connectivity index (χ4n) is 3.62. The van der Waals surface area contributed by atoms with Crippen molar-refractivity contribution in [3.05, 3.63) is 71.8 Å². The summed E-state index contributed by atoms with van der Waals surface area (Å²) in [5, 5.41) is 30.0. The predicted molar refractivity (Wildman–Crippen MR) is 114 cm³/mol. The van der Waals surface area contributed by atoms with Crippen molar-refractivity contribution < 1.29 is 34.3 Å². The van der Waals surface area contributed by atoms with E-state index >= 15 is 0 Å². The predicted octanol–water partition coefficient (Wildman–Crippen LogP) is 2.02. The largest absolute Gasteiger partial charge is 0.394 e. The molecule has 1 heterocycles. The van der Waals surface area contributed by atoms with E-state index in [-0.39, 0.29) is 13.2 Å². The Hall–Kier alpha value is -1.84. The van der Waals surface area contributed by atoms with E-state index in [0.717, 1.165) is 11.1 Å². The Kier molecular flexibility index (Phi) is 8.57. The van der Waals surface area contributed by atoms with Crippen molar-refractivity contribution in [1.29, 1.82) is 0 Å². The third-order valence-corrected chi connectivity index (χ3v) is 5.14. The van der Waals surface area contributed by atoms with Crippen molar-refractivity contribution in [3.8, 4) is 0 Å². The lowest BCUT2D eigenvalue weighted by molar-refractivity contribution is -0.361. The molecule has 1 aliphatic heterocycles. The molecule has 31 heavy (non-hydrogen) atoms. The first-order chi connectivity index (χ1) is 14.9. The maximum absolute atomic E-state index is 10.7. The first kappa shape index (κ1) is 23.8. The molecule has 0 unspecified atom stereocenters. The molecule has 0 amide bonds. The summed E-state index contributed by atoms with van der Waals surface area (Å²) in [5.41, 5.74) is 1.98. The van der Waals surface area contributed by atoms with Crippen LogP contribution >= 0.6 is 0 Å². The van der Waals surface area contributed by atoms with Crippen molar-refractivity contribution in [2.45, 2.75) is 63.4 Å². The van der Waals surface area contributed by atoms with E-state index in [0.29, 0.717) is 6.61 Å². The molecule has 0 aromatic heterocycles. The number of ether oxygens (including phenoxy) is 4. The summed E-state index contributed by atoms with van der Waals surface area (Å²) in [6, 6.07) is 19.4. The van der Waals surface area contributed by atoms with Crippen molar-refractivity contribution in [3.63, 3.8) is 0 Å². The number of benzene rings is 2. The van der Waals surface area contributed by atoms with Crippen LogP contribution in [0.5, 0.6) is 0 Å². The van der Waals surface area contributed by atoms with Crippen molar-refractivity contribution in [1.82, 2.24) is 0 Å². The lowest BCUT2D eigenvalue weighted by Crippen LogP contribution is -2.62. The molecule has 0 spiro atoms. The van der Waals surface area contributed by atoms with Gasteiger partial charge in [-0.2, -0.15) is 0 Å². The quantitative estimate of drug-likeness (QED) is 0.528. The fraction of sp³-hybridized carbons (Fsp3) is 0.500. The molecule has 1 aliphatic rings. The zero-order valence-corrected chi connectivity index (χ0v) is 18.0. The Balaban J connectivity index is 1.75. The van der Waals surface area contributed by atoms with Gasteiger partial charge in [0.25, 0.3) is 0 Å². The number of aliphatic hydroxyl groups excluding tert-OH is 3. The molecule has 0 saturated carbocycles. The SMILES string of the molecule is CC1(C)O[C@@H]([C@@H](O)[C@H](O)CO)[C@@H](OCc2ccccc2)[C@@H](COCc2ccccc2)O1. The molecule has 0 bridgehead atoms. The third-order valence-electron chi connectivity index (χ3n) is 5.14. The monoisotopic (exact) mass is 432 g/mol. The van der Waals surface area contributed by atoms with Crippen LogP contribution in [0.25, 0.3) is 0 Å². The summed E-state index contributed by atoms with van der Waals surface area (Å²) in [6.45, 7) is 3.75.